The number of carboxylic acids is 1. The van der Waals surface area contributed by atoms with Crippen LogP contribution in [0, 0.1) is 0 Å². The van der Waals surface area contributed by atoms with E-state index >= 15 is 0 Å². The summed E-state index contributed by atoms with van der Waals surface area (Å²) in [5.41, 5.74) is 6.69. The number of nitrogens with one attached hydrogen (secondary N) is 1. The normalized spacial score (nSPS) is 12.2. The molecule has 1 rings (SSSR count). The third kappa shape index (κ3) is 4.52. The maximum Gasteiger partial charge on any atom is 0.320 e. The molecule has 0 aliphatic rings. The second-order valence-corrected chi connectivity index (χ2v) is 4.73. The Kier molecular flexibility index (Phi) is 5.40. The summed E-state index contributed by atoms with van der Waals surface area (Å²) in [5, 5.41) is 11.2. The summed E-state index contributed by atoms with van der Waals surface area (Å²) in [6, 6.07) is 5.65. The molecule has 7 heteroatoms. The number of hydrogen-bond acceptors (Lipinski definition) is 3. The first-order chi connectivity index (χ1) is 8.40. The van der Waals surface area contributed by atoms with Gasteiger partial charge >= 0.3 is 5.97 Å². The molecule has 4 N–H and O–H groups in total. The van der Waals surface area contributed by atoms with Gasteiger partial charge < -0.3 is 16.2 Å². The number of carbonyl (C=O) groups is 2. The molecule has 0 unspecified atom stereocenters. The molecular formula is C11H12Cl2N2O3. The van der Waals surface area contributed by atoms with E-state index in [2.05, 4.69) is 5.32 Å². The highest BCUT2D eigenvalue weighted by Gasteiger charge is 2.13. The first-order valence-electron chi connectivity index (χ1n) is 5.06. The first-order valence-corrected chi connectivity index (χ1v) is 5.94. The average Bonchev–Trinajstić information content (AvgIpc) is 2.31. The minimum Gasteiger partial charge on any atom is -0.480 e. The summed E-state index contributed by atoms with van der Waals surface area (Å²) in [5.74, 6) is -1.58. The Labute approximate surface area is 114 Å². The number of rotatable bonds is 5. The van der Waals surface area contributed by atoms with Crippen molar-refractivity contribution in [3.63, 3.8) is 0 Å². The summed E-state index contributed by atoms with van der Waals surface area (Å²) >= 11 is 10.8. The number of benzene rings is 1. The van der Waals surface area contributed by atoms with Gasteiger partial charge in [0.1, 0.15) is 6.04 Å². The number of amides is 1. The van der Waals surface area contributed by atoms with Crippen molar-refractivity contribution in [1.82, 2.24) is 0 Å². The van der Waals surface area contributed by atoms with Crippen molar-refractivity contribution in [2.75, 3.05) is 5.32 Å². The van der Waals surface area contributed by atoms with Gasteiger partial charge in [-0.3, -0.25) is 9.59 Å². The van der Waals surface area contributed by atoms with E-state index in [9.17, 15) is 9.59 Å². The summed E-state index contributed by atoms with van der Waals surface area (Å²) in [6.45, 7) is 0. The molecule has 1 aromatic rings. The van der Waals surface area contributed by atoms with Crippen LogP contribution in [0.2, 0.25) is 0 Å². The summed E-state index contributed by atoms with van der Waals surface area (Å²) in [7, 11) is 0. The number of carbonyl (C=O) groups excluding carboxylic acids is 1. The summed E-state index contributed by atoms with van der Waals surface area (Å²) < 4.78 is 0. The van der Waals surface area contributed by atoms with E-state index in [4.69, 9.17) is 34.0 Å². The van der Waals surface area contributed by atoms with Crippen LogP contribution in [-0.2, 0) is 16.0 Å². The van der Waals surface area contributed by atoms with Gasteiger partial charge in [-0.25, -0.2) is 0 Å². The van der Waals surface area contributed by atoms with E-state index in [1.165, 1.54) is 0 Å². The van der Waals surface area contributed by atoms with Crippen LogP contribution in [0.1, 0.15) is 5.56 Å². The van der Waals surface area contributed by atoms with Crippen LogP contribution in [0.4, 0.5) is 5.69 Å². The Morgan fingerprint density at radius 1 is 1.28 bits per heavy atom. The smallest absolute Gasteiger partial charge is 0.320 e. The Bertz CT molecular complexity index is 434. The van der Waals surface area contributed by atoms with Crippen molar-refractivity contribution in [3.05, 3.63) is 29.8 Å². The Hall–Kier alpha value is -1.30. The molecule has 5 nitrogen and oxygen atoms in total. The third-order valence-corrected chi connectivity index (χ3v) is 2.59. The van der Waals surface area contributed by atoms with Gasteiger partial charge in [0, 0.05) is 5.69 Å². The van der Waals surface area contributed by atoms with Gasteiger partial charge in [0.25, 0.3) is 5.91 Å². The number of nitrogens with two attached hydrogens (primary N) is 1. The third-order valence-electron chi connectivity index (χ3n) is 2.19. The van der Waals surface area contributed by atoms with E-state index in [1.807, 2.05) is 0 Å². The van der Waals surface area contributed by atoms with Crippen molar-refractivity contribution in [2.45, 2.75) is 17.3 Å². The Morgan fingerprint density at radius 2 is 1.83 bits per heavy atom. The fraction of sp³-hybridized carbons (Fsp3) is 0.273. The molecule has 0 fully saturated rings. The van der Waals surface area contributed by atoms with Gasteiger partial charge in [0.15, 0.2) is 4.84 Å². The molecule has 1 atom stereocenters. The second-order valence-electron chi connectivity index (χ2n) is 3.64. The quantitative estimate of drug-likeness (QED) is 0.715. The molecule has 0 aromatic heterocycles. The topological polar surface area (TPSA) is 92.4 Å². The van der Waals surface area contributed by atoms with Gasteiger partial charge in [-0.15, -0.1) is 0 Å². The monoisotopic (exact) mass is 290 g/mol. The van der Waals surface area contributed by atoms with Crippen molar-refractivity contribution >= 4 is 40.8 Å². The van der Waals surface area contributed by atoms with E-state index < -0.39 is 22.8 Å². The minimum atomic E-state index is -1.13. The molecule has 0 aliphatic heterocycles. The lowest BCUT2D eigenvalue weighted by Crippen LogP contribution is -2.32. The SMILES string of the molecule is N[C@@H](Cc1ccc(NC(=O)C(Cl)Cl)cc1)C(=O)O. The molecular weight excluding hydrogens is 279 g/mol. The van der Waals surface area contributed by atoms with Crippen molar-refractivity contribution in [2.24, 2.45) is 5.73 Å². The molecule has 0 saturated carbocycles. The zero-order chi connectivity index (χ0) is 13.7. The van der Waals surface area contributed by atoms with Gasteiger partial charge in [-0.1, -0.05) is 35.3 Å². The van der Waals surface area contributed by atoms with Gasteiger partial charge in [-0.2, -0.15) is 0 Å². The Balaban J connectivity index is 2.63. The predicted molar refractivity (Wildman–Crippen MR) is 69.9 cm³/mol. The summed E-state index contributed by atoms with van der Waals surface area (Å²) in [4.78, 5) is 20.6. The molecule has 0 radical (unpaired) electrons. The standard InChI is InChI=1S/C11H12Cl2N2O3/c12-9(13)10(16)15-7-3-1-6(2-4-7)5-8(14)11(17)18/h1-4,8-9H,5,14H2,(H,15,16)(H,17,18)/t8-/m0/s1. The van der Waals surface area contributed by atoms with Crippen LogP contribution in [-0.4, -0.2) is 27.9 Å². The number of carboxylic acid groups (broad SMARTS) is 1. The van der Waals surface area contributed by atoms with Crippen LogP contribution in [0.5, 0.6) is 0 Å². The number of aliphatic carboxylic acids is 1. The van der Waals surface area contributed by atoms with Gasteiger partial charge in [0.05, 0.1) is 0 Å². The highest BCUT2D eigenvalue weighted by atomic mass is 35.5. The molecule has 0 aliphatic carbocycles. The predicted octanol–water partition coefficient (Wildman–Crippen LogP) is 1.38. The van der Waals surface area contributed by atoms with E-state index in [0.29, 0.717) is 5.69 Å². The largest absolute Gasteiger partial charge is 0.480 e. The molecule has 1 aromatic carbocycles. The first kappa shape index (κ1) is 14.8. The molecule has 18 heavy (non-hydrogen) atoms. The van der Waals surface area contributed by atoms with Crippen molar-refractivity contribution in [3.8, 4) is 0 Å². The molecule has 98 valence electrons. The Morgan fingerprint density at radius 3 is 2.28 bits per heavy atom. The lowest BCUT2D eigenvalue weighted by Gasteiger charge is -2.08. The fourth-order valence-corrected chi connectivity index (χ4v) is 1.37. The van der Waals surface area contributed by atoms with Gasteiger partial charge in [-0.05, 0) is 24.1 Å². The molecule has 0 bridgehead atoms. The lowest BCUT2D eigenvalue weighted by molar-refractivity contribution is -0.138. The highest BCUT2D eigenvalue weighted by Crippen LogP contribution is 2.13. The minimum absolute atomic E-state index is 0.219. The molecule has 0 saturated heterocycles. The second kappa shape index (κ2) is 6.58. The molecule has 0 spiro atoms. The van der Waals surface area contributed by atoms with Crippen LogP contribution in [0.3, 0.4) is 0 Å². The summed E-state index contributed by atoms with van der Waals surface area (Å²) in [6.07, 6.45) is 0.219. The van der Waals surface area contributed by atoms with Crippen LogP contribution in [0.25, 0.3) is 0 Å². The zero-order valence-electron chi connectivity index (χ0n) is 9.27. The molecule has 1 amide bonds. The van der Waals surface area contributed by atoms with Crippen LogP contribution >= 0.6 is 23.2 Å². The van der Waals surface area contributed by atoms with Crippen LogP contribution < -0.4 is 11.1 Å². The number of halogens is 2. The average molecular weight is 291 g/mol. The van der Waals surface area contributed by atoms with Crippen molar-refractivity contribution < 1.29 is 14.7 Å². The maximum absolute atomic E-state index is 11.2. The van der Waals surface area contributed by atoms with Crippen LogP contribution in [0.15, 0.2) is 24.3 Å². The number of hydrogen-bond donors (Lipinski definition) is 3. The van der Waals surface area contributed by atoms with E-state index in [-0.39, 0.29) is 6.42 Å². The number of anilines is 1. The zero-order valence-corrected chi connectivity index (χ0v) is 10.8. The molecule has 0 heterocycles. The maximum atomic E-state index is 11.2. The van der Waals surface area contributed by atoms with Gasteiger partial charge in [0.2, 0.25) is 0 Å². The highest BCUT2D eigenvalue weighted by molar-refractivity contribution is 6.54. The number of alkyl halides is 2. The van der Waals surface area contributed by atoms with Crippen molar-refractivity contribution in [1.29, 1.82) is 0 Å². The van der Waals surface area contributed by atoms with E-state index in [1.54, 1.807) is 24.3 Å². The lowest BCUT2D eigenvalue weighted by atomic mass is 10.1. The van der Waals surface area contributed by atoms with E-state index in [0.717, 1.165) is 5.56 Å². The fourth-order valence-electron chi connectivity index (χ4n) is 1.26.